The topological polar surface area (TPSA) is 59.6 Å². The Balaban J connectivity index is 1.21. The molecule has 1 aromatic heterocycles. The molecule has 0 aliphatic carbocycles. The first-order valence-electron chi connectivity index (χ1n) is 10.4. The lowest BCUT2D eigenvalue weighted by Gasteiger charge is -2.09. The van der Waals surface area contributed by atoms with Crippen molar-refractivity contribution in [1.82, 2.24) is 5.32 Å². The maximum Gasteiger partial charge on any atom is 0.417 e. The van der Waals surface area contributed by atoms with Gasteiger partial charge in [-0.3, -0.25) is 5.32 Å². The summed E-state index contributed by atoms with van der Waals surface area (Å²) in [6, 6.07) is 29.2. The molecule has 0 atom stereocenters. The summed E-state index contributed by atoms with van der Waals surface area (Å²) >= 11 is 1.36. The molecule has 0 aliphatic heterocycles. The predicted molar refractivity (Wildman–Crippen MR) is 129 cm³/mol. The van der Waals surface area contributed by atoms with Gasteiger partial charge >= 0.3 is 6.09 Å². The summed E-state index contributed by atoms with van der Waals surface area (Å²) in [7, 11) is 0. The number of benzene rings is 3. The zero-order valence-corrected chi connectivity index (χ0v) is 18.3. The molecule has 0 aliphatic rings. The normalized spacial score (nSPS) is 10.5. The number of amides is 1. The van der Waals surface area contributed by atoms with Crippen LogP contribution >= 0.6 is 11.3 Å². The third-order valence-corrected chi connectivity index (χ3v) is 5.46. The highest BCUT2D eigenvalue weighted by molar-refractivity contribution is 7.11. The maximum atomic E-state index is 11.9. The van der Waals surface area contributed by atoms with Crippen molar-refractivity contribution in [2.45, 2.75) is 13.0 Å². The third-order valence-electron chi connectivity index (χ3n) is 4.71. The lowest BCUT2D eigenvalue weighted by Crippen LogP contribution is -2.16. The lowest BCUT2D eigenvalue weighted by molar-refractivity contribution is 0.216. The molecule has 162 valence electrons. The summed E-state index contributed by atoms with van der Waals surface area (Å²) in [6.07, 6.45) is 0.435. The van der Waals surface area contributed by atoms with Crippen LogP contribution in [0.5, 0.6) is 16.6 Å². The smallest absolute Gasteiger partial charge is 0.417 e. The maximum absolute atomic E-state index is 11.9. The van der Waals surface area contributed by atoms with Gasteiger partial charge in [-0.05, 0) is 78.0 Å². The number of anilines is 1. The fraction of sp³-hybridized carbons (Fsp3) is 0.115. The van der Waals surface area contributed by atoms with E-state index in [2.05, 4.69) is 47.0 Å². The first-order valence-corrected chi connectivity index (χ1v) is 11.3. The molecule has 1 amide bonds. The lowest BCUT2D eigenvalue weighted by atomic mass is 10.1. The average molecular weight is 445 g/mol. The second kappa shape index (κ2) is 11.1. The number of carbonyl (C=O) groups is 1. The minimum absolute atomic E-state index is 0.519. The summed E-state index contributed by atoms with van der Waals surface area (Å²) in [4.78, 5) is 11.9. The van der Waals surface area contributed by atoms with E-state index in [1.165, 1.54) is 22.5 Å². The second-order valence-electron chi connectivity index (χ2n) is 7.13. The summed E-state index contributed by atoms with van der Waals surface area (Å²) < 4.78 is 11.1. The number of nitrogens with one attached hydrogen (secondary N) is 2. The molecule has 3 aromatic carbocycles. The van der Waals surface area contributed by atoms with Gasteiger partial charge in [0, 0.05) is 12.2 Å². The molecule has 5 nitrogen and oxygen atoms in total. The minimum atomic E-state index is -0.519. The van der Waals surface area contributed by atoms with Gasteiger partial charge in [0.2, 0.25) is 0 Å². The van der Waals surface area contributed by atoms with E-state index in [1.807, 2.05) is 41.8 Å². The summed E-state index contributed by atoms with van der Waals surface area (Å²) in [5.41, 5.74) is 3.18. The summed E-state index contributed by atoms with van der Waals surface area (Å²) in [5.74, 6) is 1.46. The molecule has 32 heavy (non-hydrogen) atoms. The Morgan fingerprint density at radius 1 is 0.781 bits per heavy atom. The highest BCUT2D eigenvalue weighted by Gasteiger charge is 2.06. The van der Waals surface area contributed by atoms with Crippen LogP contribution in [0.4, 0.5) is 10.5 Å². The quantitative estimate of drug-likeness (QED) is 0.290. The van der Waals surface area contributed by atoms with Gasteiger partial charge < -0.3 is 14.8 Å². The fourth-order valence-electron chi connectivity index (χ4n) is 3.08. The van der Waals surface area contributed by atoms with E-state index in [0.717, 1.165) is 25.3 Å². The van der Waals surface area contributed by atoms with E-state index in [9.17, 15) is 4.79 Å². The van der Waals surface area contributed by atoms with Crippen LogP contribution < -0.4 is 20.1 Å². The van der Waals surface area contributed by atoms with Crippen molar-refractivity contribution in [1.29, 1.82) is 0 Å². The van der Waals surface area contributed by atoms with Crippen LogP contribution in [-0.2, 0) is 13.0 Å². The van der Waals surface area contributed by atoms with Crippen molar-refractivity contribution in [2.75, 3.05) is 11.9 Å². The molecule has 1 heterocycles. The van der Waals surface area contributed by atoms with Crippen molar-refractivity contribution >= 4 is 23.1 Å². The van der Waals surface area contributed by atoms with Crippen molar-refractivity contribution < 1.29 is 14.3 Å². The van der Waals surface area contributed by atoms with Crippen LogP contribution in [0, 0.1) is 0 Å². The number of hydrogen-bond acceptors (Lipinski definition) is 5. The molecular formula is C26H24N2O3S. The fourth-order valence-corrected chi connectivity index (χ4v) is 3.66. The highest BCUT2D eigenvalue weighted by Crippen LogP contribution is 2.24. The van der Waals surface area contributed by atoms with Crippen molar-refractivity contribution in [3.05, 3.63) is 108 Å². The van der Waals surface area contributed by atoms with E-state index in [4.69, 9.17) is 9.47 Å². The van der Waals surface area contributed by atoms with Gasteiger partial charge in [-0.1, -0.05) is 42.5 Å². The van der Waals surface area contributed by atoms with Gasteiger partial charge in [0.15, 0.2) is 5.06 Å². The molecule has 4 aromatic rings. The Kier molecular flexibility index (Phi) is 7.52. The van der Waals surface area contributed by atoms with E-state index >= 15 is 0 Å². The number of hydrogen-bond donors (Lipinski definition) is 2. The van der Waals surface area contributed by atoms with Gasteiger partial charge in [-0.2, -0.15) is 0 Å². The second-order valence-corrected chi connectivity index (χ2v) is 8.04. The molecule has 0 spiro atoms. The van der Waals surface area contributed by atoms with Gasteiger partial charge in [0.05, 0.1) is 0 Å². The Morgan fingerprint density at radius 2 is 1.50 bits per heavy atom. The predicted octanol–water partition coefficient (Wildman–Crippen LogP) is 6.48. The molecule has 0 unspecified atom stereocenters. The minimum Gasteiger partial charge on any atom is -0.457 e. The Bertz CT molecular complexity index is 1100. The van der Waals surface area contributed by atoms with Gasteiger partial charge in [-0.15, -0.1) is 11.3 Å². The van der Waals surface area contributed by atoms with Gasteiger partial charge in [-0.25, -0.2) is 4.79 Å². The van der Waals surface area contributed by atoms with E-state index in [1.54, 1.807) is 18.2 Å². The third kappa shape index (κ3) is 6.70. The van der Waals surface area contributed by atoms with Crippen molar-refractivity contribution in [3.8, 4) is 16.6 Å². The largest absolute Gasteiger partial charge is 0.457 e. The number of ether oxygens (including phenoxy) is 2. The molecule has 0 fully saturated rings. The first-order chi connectivity index (χ1) is 15.7. The van der Waals surface area contributed by atoms with Gasteiger partial charge in [0.1, 0.15) is 11.5 Å². The van der Waals surface area contributed by atoms with E-state index in [0.29, 0.717) is 16.5 Å². The zero-order chi connectivity index (χ0) is 22.0. The molecule has 6 heteroatoms. The molecule has 0 bridgehead atoms. The Morgan fingerprint density at radius 3 is 2.19 bits per heavy atom. The number of thiophene rings is 1. The average Bonchev–Trinajstić information content (AvgIpc) is 3.33. The molecule has 0 saturated carbocycles. The van der Waals surface area contributed by atoms with E-state index < -0.39 is 6.09 Å². The van der Waals surface area contributed by atoms with Crippen LogP contribution in [0.1, 0.15) is 11.1 Å². The van der Waals surface area contributed by atoms with Crippen LogP contribution in [0.15, 0.2) is 96.4 Å². The SMILES string of the molecule is O=C(Nc1ccc(Oc2ccc(CCNCc3ccccc3)cc2)cc1)Oc1cccs1. The Hall–Kier alpha value is -3.61. The molecule has 2 N–H and O–H groups in total. The van der Waals surface area contributed by atoms with Crippen LogP contribution in [0.2, 0.25) is 0 Å². The van der Waals surface area contributed by atoms with Crippen LogP contribution in [0.25, 0.3) is 0 Å². The molecule has 4 rings (SSSR count). The summed E-state index contributed by atoms with van der Waals surface area (Å²) in [5, 5.41) is 8.57. The number of carbonyl (C=O) groups excluding carboxylic acids is 1. The highest BCUT2D eigenvalue weighted by atomic mass is 32.1. The standard InChI is InChI=1S/C26H24N2O3S/c29-26(31-25-7-4-18-32-25)28-22-10-14-24(15-11-22)30-23-12-8-20(9-13-23)16-17-27-19-21-5-2-1-3-6-21/h1-15,18,27H,16-17,19H2,(H,28,29). The van der Waals surface area contributed by atoms with Crippen LogP contribution in [-0.4, -0.2) is 12.6 Å². The van der Waals surface area contributed by atoms with Gasteiger partial charge in [0.25, 0.3) is 0 Å². The monoisotopic (exact) mass is 444 g/mol. The molecule has 0 saturated heterocycles. The molecule has 0 radical (unpaired) electrons. The molecular weight excluding hydrogens is 420 g/mol. The van der Waals surface area contributed by atoms with Crippen molar-refractivity contribution in [3.63, 3.8) is 0 Å². The zero-order valence-electron chi connectivity index (χ0n) is 17.5. The van der Waals surface area contributed by atoms with E-state index in [-0.39, 0.29) is 0 Å². The first kappa shape index (κ1) is 21.6. The number of rotatable bonds is 9. The van der Waals surface area contributed by atoms with Crippen molar-refractivity contribution in [2.24, 2.45) is 0 Å². The Labute approximate surface area is 191 Å². The van der Waals surface area contributed by atoms with Crippen LogP contribution in [0.3, 0.4) is 0 Å². The summed E-state index contributed by atoms with van der Waals surface area (Å²) in [6.45, 7) is 1.79.